The molecule has 1 atom stereocenters. The molecule has 0 spiro atoms. The van der Waals surface area contributed by atoms with Gasteiger partial charge in [-0.3, -0.25) is 4.79 Å². The normalized spacial score (nSPS) is 14.7. The number of hydrogen-bond donors (Lipinski definition) is 0. The zero-order valence-electron chi connectivity index (χ0n) is 9.47. The zero-order valence-corrected chi connectivity index (χ0v) is 9.28. The third-order valence-corrected chi connectivity index (χ3v) is 3.66. The van der Waals surface area contributed by atoms with Crippen LogP contribution in [0, 0.1) is 6.92 Å². The molecule has 0 saturated carbocycles. The van der Waals surface area contributed by atoms with Crippen LogP contribution in [0.25, 0.3) is 0 Å². The van der Waals surface area contributed by atoms with Crippen molar-refractivity contribution < 1.29 is 14.6 Å². The van der Waals surface area contributed by atoms with Gasteiger partial charge in [-0.05, 0) is 19.1 Å². The topological polar surface area (TPSA) is 54.5 Å². The van der Waals surface area contributed by atoms with Crippen molar-refractivity contribution in [1.82, 2.24) is 4.31 Å². The third-order valence-electron chi connectivity index (χ3n) is 1.93. The molecule has 1 aromatic rings. The fourth-order valence-electron chi connectivity index (χ4n) is 1.02. The van der Waals surface area contributed by atoms with Crippen LogP contribution in [0.3, 0.4) is 0 Å². The molecule has 1 aromatic carbocycles. The number of carbonyl (C=O) groups excluding carboxylic acids is 1. The molecule has 5 heteroatoms. The Balaban J connectivity index is 3.11. The van der Waals surface area contributed by atoms with E-state index in [1.807, 2.05) is 6.92 Å². The van der Waals surface area contributed by atoms with Crippen molar-refractivity contribution in [2.75, 3.05) is 13.6 Å². The molecule has 1 unspecified atom stereocenters. The maximum absolute atomic E-state index is 11.9. The van der Waals surface area contributed by atoms with Crippen molar-refractivity contribution in [2.45, 2.75) is 11.8 Å². The summed E-state index contributed by atoms with van der Waals surface area (Å²) in [7, 11) is -2.61. The molecule has 81 valence electrons. The van der Waals surface area contributed by atoms with Crippen molar-refractivity contribution in [2.24, 2.45) is 0 Å². The van der Waals surface area contributed by atoms with Crippen LogP contribution < -0.4 is 0 Å². The first-order valence-electron chi connectivity index (χ1n) is 4.82. The predicted molar refractivity (Wildman–Crippen MR) is 56.7 cm³/mol. The van der Waals surface area contributed by atoms with Crippen molar-refractivity contribution in [3.63, 3.8) is 0 Å². The maximum Gasteiger partial charge on any atom is 0.243 e. The van der Waals surface area contributed by atoms with Crippen molar-refractivity contribution in [3.8, 4) is 0 Å². The van der Waals surface area contributed by atoms with Gasteiger partial charge in [-0.15, -0.1) is 0 Å². The second-order valence-electron chi connectivity index (χ2n) is 3.08. The summed E-state index contributed by atoms with van der Waals surface area (Å²) in [5, 5.41) is 0. The highest BCUT2D eigenvalue weighted by Crippen LogP contribution is 2.14. The first kappa shape index (κ1) is 10.3. The average molecular weight is 227 g/mol. The standard InChI is InChI=1S/C10H12NO3S/c1-9-3-5-10(6-4-9)15(13,14)11(2)7-8-12/h3-6H,7H2,1-2H3/i7D. The summed E-state index contributed by atoms with van der Waals surface area (Å²) >= 11 is 0. The summed E-state index contributed by atoms with van der Waals surface area (Å²) in [5.41, 5.74) is 0.936. The molecule has 0 bridgehead atoms. The Kier molecular flexibility index (Phi) is 3.13. The quantitative estimate of drug-likeness (QED) is 0.761. The van der Waals surface area contributed by atoms with Crippen LogP contribution in [-0.4, -0.2) is 32.6 Å². The van der Waals surface area contributed by atoms with Crippen molar-refractivity contribution in [3.05, 3.63) is 29.8 Å². The lowest BCUT2D eigenvalue weighted by Crippen LogP contribution is -2.28. The lowest BCUT2D eigenvalue weighted by Gasteiger charge is -2.13. The van der Waals surface area contributed by atoms with E-state index in [-0.39, 0.29) is 4.90 Å². The number of sulfonamides is 1. The van der Waals surface area contributed by atoms with Gasteiger partial charge >= 0.3 is 0 Å². The van der Waals surface area contributed by atoms with Gasteiger partial charge in [-0.25, -0.2) is 8.42 Å². The van der Waals surface area contributed by atoms with Gasteiger partial charge in [0, 0.05) is 7.05 Å². The van der Waals surface area contributed by atoms with E-state index in [1.54, 1.807) is 12.1 Å². The summed E-state index contributed by atoms with van der Waals surface area (Å²) < 4.78 is 31.6. The van der Waals surface area contributed by atoms with Gasteiger partial charge in [-0.1, -0.05) is 17.7 Å². The second-order valence-corrected chi connectivity index (χ2v) is 5.08. The zero-order chi connectivity index (χ0) is 12.3. The Morgan fingerprint density at radius 3 is 2.40 bits per heavy atom. The molecular formula is C10H12NO3S. The Bertz CT molecular complexity index is 469. The molecule has 0 saturated heterocycles. The molecule has 1 radical (unpaired) electrons. The molecular weight excluding hydrogens is 214 g/mol. The van der Waals surface area contributed by atoms with Gasteiger partial charge in [0.2, 0.25) is 16.3 Å². The SMILES string of the molecule is [2H]C([C]=O)N(C)S(=O)(=O)c1ccc(C)cc1. The van der Waals surface area contributed by atoms with Gasteiger partial charge in [0.05, 0.1) is 12.8 Å². The maximum atomic E-state index is 11.9. The molecule has 0 fully saturated rings. The number of hydrogen-bond acceptors (Lipinski definition) is 3. The van der Waals surface area contributed by atoms with E-state index in [2.05, 4.69) is 0 Å². The number of nitrogens with zero attached hydrogens (tertiary/aromatic N) is 1. The van der Waals surface area contributed by atoms with E-state index in [4.69, 9.17) is 1.37 Å². The van der Waals surface area contributed by atoms with Gasteiger partial charge < -0.3 is 0 Å². The van der Waals surface area contributed by atoms with E-state index in [0.717, 1.165) is 5.56 Å². The first-order valence-corrected chi connectivity index (χ1v) is 5.68. The molecule has 0 N–H and O–H groups in total. The van der Waals surface area contributed by atoms with E-state index in [1.165, 1.54) is 25.5 Å². The number of benzene rings is 1. The minimum atomic E-state index is -3.78. The Morgan fingerprint density at radius 2 is 1.93 bits per heavy atom. The van der Waals surface area contributed by atoms with Crippen molar-refractivity contribution in [1.29, 1.82) is 0 Å². The highest BCUT2D eigenvalue weighted by molar-refractivity contribution is 7.89. The lowest BCUT2D eigenvalue weighted by molar-refractivity contribution is 0.486. The van der Waals surface area contributed by atoms with Crippen LogP contribution in [0.5, 0.6) is 0 Å². The van der Waals surface area contributed by atoms with Crippen LogP contribution >= 0.6 is 0 Å². The highest BCUT2D eigenvalue weighted by atomic mass is 32.2. The summed E-state index contributed by atoms with van der Waals surface area (Å²) in [4.78, 5) is 10.3. The smallest absolute Gasteiger partial charge is 0.243 e. The molecule has 0 aliphatic rings. The van der Waals surface area contributed by atoms with E-state index in [0.29, 0.717) is 4.31 Å². The molecule has 1 rings (SSSR count). The van der Waals surface area contributed by atoms with E-state index >= 15 is 0 Å². The Hall–Kier alpha value is -1.20. The third kappa shape index (κ3) is 2.64. The predicted octanol–water partition coefficient (Wildman–Crippen LogP) is 0.725. The lowest BCUT2D eigenvalue weighted by atomic mass is 10.2. The fourth-order valence-corrected chi connectivity index (χ4v) is 2.01. The molecule has 0 heterocycles. The highest BCUT2D eigenvalue weighted by Gasteiger charge is 2.19. The monoisotopic (exact) mass is 227 g/mol. The number of rotatable bonds is 4. The molecule has 0 aliphatic heterocycles. The van der Waals surface area contributed by atoms with Gasteiger partial charge in [0.25, 0.3) is 0 Å². The fraction of sp³-hybridized carbons (Fsp3) is 0.300. The molecule has 0 amide bonds. The van der Waals surface area contributed by atoms with Crippen LogP contribution in [0.2, 0.25) is 0 Å². The number of likely N-dealkylation sites (N-methyl/N-ethyl adjacent to an activating group) is 1. The summed E-state index contributed by atoms with van der Waals surface area (Å²) in [6.07, 6.45) is 1.32. The van der Waals surface area contributed by atoms with Gasteiger partial charge in [-0.2, -0.15) is 4.31 Å². The van der Waals surface area contributed by atoms with Gasteiger partial charge in [0.15, 0.2) is 0 Å². The molecule has 0 aromatic heterocycles. The van der Waals surface area contributed by atoms with Gasteiger partial charge in [0.1, 0.15) is 0 Å². The molecule has 4 nitrogen and oxygen atoms in total. The largest absolute Gasteiger partial charge is 0.289 e. The van der Waals surface area contributed by atoms with Crippen LogP contribution in [0.1, 0.15) is 6.93 Å². The summed E-state index contributed by atoms with van der Waals surface area (Å²) in [5.74, 6) is 0. The number of aryl methyl sites for hydroxylation is 1. The Morgan fingerprint density at radius 1 is 1.40 bits per heavy atom. The Labute approximate surface area is 91.0 Å². The summed E-state index contributed by atoms with van der Waals surface area (Å²) in [6.45, 7) is 0.304. The van der Waals surface area contributed by atoms with Crippen LogP contribution in [0.4, 0.5) is 0 Å². The first-order chi connectivity index (χ1) is 7.39. The molecule has 0 aliphatic carbocycles. The van der Waals surface area contributed by atoms with Crippen molar-refractivity contribution >= 4 is 16.3 Å². The van der Waals surface area contributed by atoms with Crippen LogP contribution in [-0.2, 0) is 14.8 Å². The average Bonchev–Trinajstić information content (AvgIpc) is 2.27. The second kappa shape index (κ2) is 4.55. The van der Waals surface area contributed by atoms with E-state index < -0.39 is 16.5 Å². The minimum Gasteiger partial charge on any atom is -0.289 e. The van der Waals surface area contributed by atoms with Crippen LogP contribution in [0.15, 0.2) is 29.2 Å². The van der Waals surface area contributed by atoms with E-state index in [9.17, 15) is 13.2 Å². The molecule has 15 heavy (non-hydrogen) atoms. The summed E-state index contributed by atoms with van der Waals surface area (Å²) in [6, 6.07) is 6.20. The minimum absolute atomic E-state index is 0.0631.